The van der Waals surface area contributed by atoms with E-state index in [1.807, 2.05) is 0 Å². The maximum atomic E-state index is 15.3. The molecule has 0 bridgehead atoms. The Morgan fingerprint density at radius 1 is 0.983 bits per heavy atom. The van der Waals surface area contributed by atoms with Gasteiger partial charge in [-0.3, -0.25) is 19.4 Å². The van der Waals surface area contributed by atoms with E-state index in [0.717, 1.165) is 41.1 Å². The first-order valence-electron chi connectivity index (χ1n) is 19.3. The van der Waals surface area contributed by atoms with Crippen LogP contribution in [0, 0.1) is 11.2 Å². The SMILES string of the molecule is CCC[C@H]1N(C(=O)c2ncccc2C(F)(F)F)CCC[C@@]1(Oc1csc(C(F)(F)F)c1)C(=O)N1CCC(N)(c2cccc(F)c2OCCCC2(C(=O)O)CCC2)CC1. The van der Waals surface area contributed by atoms with Gasteiger partial charge in [0.05, 0.1) is 23.6 Å². The molecule has 1 aliphatic carbocycles. The van der Waals surface area contributed by atoms with Gasteiger partial charge in [-0.2, -0.15) is 26.3 Å². The lowest BCUT2D eigenvalue weighted by Gasteiger charge is -2.51. The number of aromatic nitrogens is 1. The molecule has 6 rings (SSSR count). The molecule has 3 aliphatic rings. The van der Waals surface area contributed by atoms with E-state index in [0.29, 0.717) is 49.0 Å². The van der Waals surface area contributed by atoms with Crippen LogP contribution in [0.5, 0.6) is 11.5 Å². The third-order valence-electron chi connectivity index (χ3n) is 11.8. The molecule has 2 aliphatic heterocycles. The Balaban J connectivity index is 1.28. The number of thiophene rings is 1. The van der Waals surface area contributed by atoms with Crippen LogP contribution in [0.1, 0.15) is 104 Å². The molecule has 3 aromatic rings. The lowest BCUT2D eigenvalue weighted by Crippen LogP contribution is -2.69. The van der Waals surface area contributed by atoms with Crippen molar-refractivity contribution in [2.45, 2.75) is 107 Å². The first-order chi connectivity index (χ1) is 27.3. The topological polar surface area (TPSA) is 135 Å². The Morgan fingerprint density at radius 2 is 1.71 bits per heavy atom. The van der Waals surface area contributed by atoms with Crippen molar-refractivity contribution >= 4 is 29.1 Å². The first kappa shape index (κ1) is 43.1. The van der Waals surface area contributed by atoms with E-state index in [1.54, 1.807) is 13.0 Å². The van der Waals surface area contributed by atoms with Crippen LogP contribution in [0.2, 0.25) is 0 Å². The number of nitrogens with zero attached hydrogens (tertiary/aromatic N) is 3. The highest BCUT2D eigenvalue weighted by Gasteiger charge is 2.57. The zero-order valence-corrected chi connectivity index (χ0v) is 32.6. The number of ether oxygens (including phenoxy) is 2. The third kappa shape index (κ3) is 8.49. The van der Waals surface area contributed by atoms with Crippen LogP contribution >= 0.6 is 11.3 Å². The Labute approximate surface area is 334 Å². The summed E-state index contributed by atoms with van der Waals surface area (Å²) in [6.45, 7) is 1.65. The van der Waals surface area contributed by atoms with E-state index >= 15 is 4.39 Å². The lowest BCUT2D eigenvalue weighted by atomic mass is 9.66. The number of alkyl halides is 6. The minimum absolute atomic E-state index is 0.0276. The third-order valence-corrected chi connectivity index (χ3v) is 12.7. The molecule has 2 amide bonds. The number of carbonyl (C=O) groups is 3. The Morgan fingerprint density at radius 3 is 2.31 bits per heavy atom. The highest BCUT2D eigenvalue weighted by atomic mass is 32.1. The van der Waals surface area contributed by atoms with Gasteiger partial charge in [0.15, 0.2) is 11.6 Å². The Bertz CT molecular complexity index is 1980. The second-order valence-electron chi connectivity index (χ2n) is 15.4. The average molecular weight is 843 g/mol. The van der Waals surface area contributed by atoms with Gasteiger partial charge in [0, 0.05) is 54.8 Å². The van der Waals surface area contributed by atoms with Gasteiger partial charge >= 0.3 is 18.3 Å². The largest absolute Gasteiger partial charge is 0.490 e. The minimum atomic E-state index is -4.93. The molecule has 0 radical (unpaired) electrons. The highest BCUT2D eigenvalue weighted by molar-refractivity contribution is 7.10. The summed E-state index contributed by atoms with van der Waals surface area (Å²) in [5.74, 6) is -3.68. The second kappa shape index (κ2) is 16.7. The first-order valence-corrected chi connectivity index (χ1v) is 20.1. The van der Waals surface area contributed by atoms with Crippen LogP contribution in [0.4, 0.5) is 30.7 Å². The van der Waals surface area contributed by atoms with Gasteiger partial charge in [0.25, 0.3) is 11.8 Å². The fraction of sp³-hybridized carbons (Fsp3) is 0.550. The summed E-state index contributed by atoms with van der Waals surface area (Å²) in [4.78, 5) is 46.2. The number of para-hydroxylation sites is 1. The van der Waals surface area contributed by atoms with Gasteiger partial charge < -0.3 is 30.1 Å². The summed E-state index contributed by atoms with van der Waals surface area (Å²) in [6, 6.07) is 5.63. The van der Waals surface area contributed by atoms with Crippen molar-refractivity contribution in [1.82, 2.24) is 14.8 Å². The van der Waals surface area contributed by atoms with Crippen molar-refractivity contribution in [3.05, 3.63) is 75.5 Å². The summed E-state index contributed by atoms with van der Waals surface area (Å²) in [6.07, 6.45) is -5.37. The molecular weight excluding hydrogens is 798 g/mol. The van der Waals surface area contributed by atoms with Gasteiger partial charge in [0.1, 0.15) is 16.3 Å². The fourth-order valence-electron chi connectivity index (χ4n) is 8.53. The van der Waals surface area contributed by atoms with Crippen LogP contribution in [0.15, 0.2) is 48.0 Å². The molecule has 18 heteroatoms. The number of nitrogens with two attached hydrogens (primary N) is 1. The zero-order chi connectivity index (χ0) is 42.1. The van der Waals surface area contributed by atoms with Crippen molar-refractivity contribution in [3.63, 3.8) is 0 Å². The standard InChI is InChI=1S/C40H45F7N4O6S/c1-2-8-29-38(57-25-23-30(58-24-25)40(45,46)47,15-6-19-51(29)33(52)31-26(39(42,43)44)10-4-18-49-31)34(53)50-20-16-37(48,17-21-50)27-9-3-11-28(41)32(27)56-22-7-14-36(35(54)55)12-5-13-36/h3-4,9-11,18,23-24,29H,2,5-8,12-17,19-22,48H2,1H3,(H,54,55)/t29-,38+/m1/s1. The lowest BCUT2D eigenvalue weighted by molar-refractivity contribution is -0.161. The highest BCUT2D eigenvalue weighted by Crippen LogP contribution is 2.46. The molecule has 3 N–H and O–H groups in total. The van der Waals surface area contributed by atoms with E-state index in [1.165, 1.54) is 17.0 Å². The van der Waals surface area contributed by atoms with Crippen LogP contribution < -0.4 is 15.2 Å². The summed E-state index contributed by atoms with van der Waals surface area (Å²) in [5.41, 5.74) is 1.10. The quantitative estimate of drug-likeness (QED) is 0.129. The molecule has 1 aromatic carbocycles. The minimum Gasteiger partial charge on any atom is -0.490 e. The molecule has 1 saturated carbocycles. The molecular formula is C40H45F7N4O6S. The molecule has 0 unspecified atom stereocenters. The van der Waals surface area contributed by atoms with Crippen molar-refractivity contribution in [2.24, 2.45) is 11.1 Å². The number of amides is 2. The van der Waals surface area contributed by atoms with Crippen LogP contribution in [0.3, 0.4) is 0 Å². The maximum absolute atomic E-state index is 15.3. The predicted octanol–water partition coefficient (Wildman–Crippen LogP) is 8.43. The monoisotopic (exact) mass is 842 g/mol. The van der Waals surface area contributed by atoms with E-state index in [2.05, 4.69) is 4.98 Å². The number of pyridine rings is 1. The number of benzene rings is 1. The average Bonchev–Trinajstić information content (AvgIpc) is 3.64. The number of hydrogen-bond acceptors (Lipinski definition) is 8. The number of carbonyl (C=O) groups excluding carboxylic acids is 2. The van der Waals surface area contributed by atoms with Crippen LogP contribution in [-0.2, 0) is 27.5 Å². The number of carboxylic acids is 1. The van der Waals surface area contributed by atoms with E-state index in [-0.39, 0.29) is 69.8 Å². The molecule has 0 spiro atoms. The number of likely N-dealkylation sites (tertiary alicyclic amines) is 2. The van der Waals surface area contributed by atoms with Crippen LogP contribution in [0.25, 0.3) is 0 Å². The molecule has 4 heterocycles. The van der Waals surface area contributed by atoms with Gasteiger partial charge in [0.2, 0.25) is 5.60 Å². The molecule has 2 aromatic heterocycles. The molecule has 316 valence electrons. The van der Waals surface area contributed by atoms with Gasteiger partial charge in [-0.15, -0.1) is 11.3 Å². The predicted molar refractivity (Wildman–Crippen MR) is 198 cm³/mol. The smallest absolute Gasteiger partial charge is 0.425 e. The van der Waals surface area contributed by atoms with Crippen molar-refractivity contribution < 1.29 is 59.7 Å². The molecule has 2 saturated heterocycles. The number of aliphatic carboxylic acids is 1. The molecule has 10 nitrogen and oxygen atoms in total. The summed E-state index contributed by atoms with van der Waals surface area (Å²) >= 11 is 0.352. The maximum Gasteiger partial charge on any atom is 0.425 e. The number of halogens is 7. The second-order valence-corrected chi connectivity index (χ2v) is 16.3. The number of hydrogen-bond donors (Lipinski definition) is 2. The van der Waals surface area contributed by atoms with Crippen molar-refractivity contribution in [2.75, 3.05) is 26.2 Å². The van der Waals surface area contributed by atoms with E-state index < -0.39 is 74.7 Å². The summed E-state index contributed by atoms with van der Waals surface area (Å²) in [7, 11) is 0. The van der Waals surface area contributed by atoms with Gasteiger partial charge in [-0.05, 0) is 69.6 Å². The zero-order valence-electron chi connectivity index (χ0n) is 31.8. The normalized spacial score (nSPS) is 21.9. The van der Waals surface area contributed by atoms with Crippen molar-refractivity contribution in [3.8, 4) is 11.5 Å². The molecule has 58 heavy (non-hydrogen) atoms. The molecule has 3 fully saturated rings. The van der Waals surface area contributed by atoms with E-state index in [4.69, 9.17) is 15.2 Å². The summed E-state index contributed by atoms with van der Waals surface area (Å²) in [5, 5.41) is 10.8. The van der Waals surface area contributed by atoms with Gasteiger partial charge in [-0.25, -0.2) is 4.39 Å². The number of rotatable bonds is 13. The number of carboxylic acid groups (broad SMARTS) is 1. The van der Waals surface area contributed by atoms with Gasteiger partial charge in [-0.1, -0.05) is 31.9 Å². The fourth-order valence-corrected chi connectivity index (χ4v) is 9.21. The van der Waals surface area contributed by atoms with E-state index in [9.17, 15) is 45.8 Å². The summed E-state index contributed by atoms with van der Waals surface area (Å²) < 4.78 is 111. The van der Waals surface area contributed by atoms with Crippen LogP contribution in [-0.4, -0.2) is 75.6 Å². The Kier molecular flexibility index (Phi) is 12.4. The number of piperidine rings is 2. The Hall–Kier alpha value is -4.45. The molecule has 2 atom stereocenters. The van der Waals surface area contributed by atoms with Crippen molar-refractivity contribution in [1.29, 1.82) is 0 Å².